The molecule has 1 atom stereocenters. The van der Waals surface area contributed by atoms with Gasteiger partial charge in [-0.15, -0.1) is 12.4 Å². The van der Waals surface area contributed by atoms with E-state index in [1.165, 1.54) is 12.8 Å². The van der Waals surface area contributed by atoms with Crippen LogP contribution in [0.25, 0.3) is 0 Å². The van der Waals surface area contributed by atoms with Gasteiger partial charge in [-0.05, 0) is 38.8 Å². The summed E-state index contributed by atoms with van der Waals surface area (Å²) in [6.45, 7) is 0.445. The summed E-state index contributed by atoms with van der Waals surface area (Å²) < 4.78 is 7.83. The van der Waals surface area contributed by atoms with Crippen molar-refractivity contribution < 1.29 is 9.53 Å². The molecule has 3 rings (SSSR count). The van der Waals surface area contributed by atoms with Crippen LogP contribution >= 0.6 is 12.4 Å². The Morgan fingerprint density at radius 1 is 1.35 bits per heavy atom. The summed E-state index contributed by atoms with van der Waals surface area (Å²) in [7, 11) is 3.61. The number of halogens is 1. The third-order valence-corrected chi connectivity index (χ3v) is 4.63. The molecule has 6 nitrogen and oxygen atoms in total. The molecule has 0 spiro atoms. The van der Waals surface area contributed by atoms with Crippen LogP contribution in [0.15, 0.2) is 36.7 Å². The van der Waals surface area contributed by atoms with Gasteiger partial charge >= 0.3 is 0 Å². The minimum Gasteiger partial charge on any atom is -0.490 e. The van der Waals surface area contributed by atoms with Crippen molar-refractivity contribution in [2.45, 2.75) is 44.4 Å². The van der Waals surface area contributed by atoms with E-state index in [4.69, 9.17) is 4.74 Å². The molecule has 0 aliphatic heterocycles. The fourth-order valence-electron chi connectivity index (χ4n) is 3.27. The van der Waals surface area contributed by atoms with Crippen LogP contribution in [0.1, 0.15) is 42.9 Å². The van der Waals surface area contributed by atoms with Gasteiger partial charge in [0, 0.05) is 30.9 Å². The Bertz CT molecular complexity index is 713. The van der Waals surface area contributed by atoms with Gasteiger partial charge in [0.2, 0.25) is 5.91 Å². The summed E-state index contributed by atoms with van der Waals surface area (Å²) in [6.07, 6.45) is 8.55. The minimum absolute atomic E-state index is 0. The van der Waals surface area contributed by atoms with Crippen molar-refractivity contribution in [3.8, 4) is 5.75 Å². The molecule has 7 heteroatoms. The van der Waals surface area contributed by atoms with Gasteiger partial charge < -0.3 is 15.4 Å². The number of likely N-dealkylation sites (N-methyl/N-ethyl adjacent to an activating group) is 1. The highest BCUT2D eigenvalue weighted by atomic mass is 35.5. The van der Waals surface area contributed by atoms with E-state index in [1.54, 1.807) is 17.9 Å². The molecule has 1 aliphatic rings. The first kappa shape index (κ1) is 20.3. The molecule has 1 heterocycles. The molecule has 2 aromatic rings. The molecule has 1 fully saturated rings. The molecule has 2 N–H and O–H groups in total. The number of nitrogens with one attached hydrogen (secondary N) is 2. The van der Waals surface area contributed by atoms with Crippen molar-refractivity contribution in [2.75, 3.05) is 7.05 Å². The lowest BCUT2D eigenvalue weighted by molar-refractivity contribution is -0.123. The molecular weight excluding hydrogens is 352 g/mol. The van der Waals surface area contributed by atoms with Crippen LogP contribution in [-0.2, 0) is 18.4 Å². The largest absolute Gasteiger partial charge is 0.490 e. The minimum atomic E-state index is -0.420. The molecule has 0 saturated heterocycles. The standard InChI is InChI=1S/C19H26N4O2.ClH/c1-20-18(15-12-22-23(2)13-15)19(24)21-11-14-7-3-6-10-17(14)25-16-8-4-5-9-16;/h3,6-7,10,12-13,16,18,20H,4-5,8-9,11H2,1-2H3,(H,21,24);1H. The predicted octanol–water partition coefficient (Wildman–Crippen LogP) is 2.74. The molecule has 1 aromatic heterocycles. The van der Waals surface area contributed by atoms with Crippen LogP contribution in [0.2, 0.25) is 0 Å². The van der Waals surface area contributed by atoms with Crippen molar-refractivity contribution in [3.63, 3.8) is 0 Å². The van der Waals surface area contributed by atoms with E-state index < -0.39 is 6.04 Å². The highest BCUT2D eigenvalue weighted by molar-refractivity contribution is 5.85. The predicted molar refractivity (Wildman–Crippen MR) is 103 cm³/mol. The van der Waals surface area contributed by atoms with E-state index >= 15 is 0 Å². The number of carbonyl (C=O) groups excluding carboxylic acids is 1. The van der Waals surface area contributed by atoms with Crippen LogP contribution in [0, 0.1) is 0 Å². The maximum atomic E-state index is 12.6. The number of aryl methyl sites for hydroxylation is 1. The summed E-state index contributed by atoms with van der Waals surface area (Å²) >= 11 is 0. The number of ether oxygens (including phenoxy) is 1. The van der Waals surface area contributed by atoms with E-state index in [0.717, 1.165) is 29.7 Å². The summed E-state index contributed by atoms with van der Waals surface area (Å²) in [4.78, 5) is 12.6. The van der Waals surface area contributed by atoms with Gasteiger partial charge in [0.05, 0.1) is 12.3 Å². The SMILES string of the molecule is CNC(C(=O)NCc1ccccc1OC1CCCC1)c1cnn(C)c1.Cl. The number of hydrogen-bond acceptors (Lipinski definition) is 4. The Balaban J connectivity index is 0.00000243. The highest BCUT2D eigenvalue weighted by Gasteiger charge is 2.21. The van der Waals surface area contributed by atoms with Crippen LogP contribution < -0.4 is 15.4 Å². The zero-order valence-electron chi connectivity index (χ0n) is 15.3. The van der Waals surface area contributed by atoms with Gasteiger partial charge in [0.15, 0.2) is 0 Å². The smallest absolute Gasteiger partial charge is 0.242 e. The number of amides is 1. The Hall–Kier alpha value is -2.05. The zero-order valence-corrected chi connectivity index (χ0v) is 16.1. The first-order valence-corrected chi connectivity index (χ1v) is 8.85. The number of nitrogens with zero attached hydrogens (tertiary/aromatic N) is 2. The number of para-hydroxylation sites is 1. The van der Waals surface area contributed by atoms with Gasteiger partial charge in [0.25, 0.3) is 0 Å². The Morgan fingerprint density at radius 2 is 2.08 bits per heavy atom. The van der Waals surface area contributed by atoms with Gasteiger partial charge in [-0.25, -0.2) is 0 Å². The lowest BCUT2D eigenvalue weighted by atomic mass is 10.1. The van der Waals surface area contributed by atoms with Crippen molar-refractivity contribution in [1.29, 1.82) is 0 Å². The molecular formula is C19H27ClN4O2. The number of benzene rings is 1. The lowest BCUT2D eigenvalue weighted by Crippen LogP contribution is -2.35. The van der Waals surface area contributed by atoms with Gasteiger partial charge in [-0.2, -0.15) is 5.10 Å². The van der Waals surface area contributed by atoms with Crippen LogP contribution in [0.4, 0.5) is 0 Å². The number of aromatic nitrogens is 2. The number of rotatable bonds is 7. The molecule has 0 radical (unpaired) electrons. The average Bonchev–Trinajstić information content (AvgIpc) is 3.27. The normalized spacial score (nSPS) is 15.3. The number of carbonyl (C=O) groups is 1. The van der Waals surface area contributed by atoms with Gasteiger partial charge in [-0.1, -0.05) is 18.2 Å². The second kappa shape index (κ2) is 9.59. The summed E-state index contributed by atoms with van der Waals surface area (Å²) in [5.41, 5.74) is 1.85. The Morgan fingerprint density at radius 3 is 2.73 bits per heavy atom. The summed E-state index contributed by atoms with van der Waals surface area (Å²) in [5, 5.41) is 10.2. The van der Waals surface area contributed by atoms with Crippen molar-refractivity contribution >= 4 is 18.3 Å². The first-order chi connectivity index (χ1) is 12.2. The van der Waals surface area contributed by atoms with Crippen molar-refractivity contribution in [3.05, 3.63) is 47.8 Å². The zero-order chi connectivity index (χ0) is 17.6. The Kier molecular flexibility index (Phi) is 7.48. The fraction of sp³-hybridized carbons (Fsp3) is 0.474. The van der Waals surface area contributed by atoms with E-state index in [2.05, 4.69) is 15.7 Å². The molecule has 1 aromatic carbocycles. The molecule has 1 amide bonds. The second-order valence-electron chi connectivity index (χ2n) is 6.52. The maximum Gasteiger partial charge on any atom is 0.242 e. The van der Waals surface area contributed by atoms with E-state index in [-0.39, 0.29) is 18.3 Å². The highest BCUT2D eigenvalue weighted by Crippen LogP contribution is 2.26. The van der Waals surface area contributed by atoms with Gasteiger partial charge in [0.1, 0.15) is 11.8 Å². The van der Waals surface area contributed by atoms with E-state index in [1.807, 2.05) is 37.5 Å². The molecule has 1 aliphatic carbocycles. The van der Waals surface area contributed by atoms with Crippen LogP contribution in [0.3, 0.4) is 0 Å². The number of hydrogen-bond donors (Lipinski definition) is 2. The topological polar surface area (TPSA) is 68.2 Å². The van der Waals surface area contributed by atoms with Gasteiger partial charge in [-0.3, -0.25) is 9.48 Å². The molecule has 1 saturated carbocycles. The summed E-state index contributed by atoms with van der Waals surface area (Å²) in [5.74, 6) is 0.795. The van der Waals surface area contributed by atoms with E-state index in [9.17, 15) is 4.79 Å². The first-order valence-electron chi connectivity index (χ1n) is 8.85. The van der Waals surface area contributed by atoms with Crippen LogP contribution in [-0.4, -0.2) is 28.8 Å². The molecule has 0 bridgehead atoms. The maximum absolute atomic E-state index is 12.6. The molecule has 1 unspecified atom stereocenters. The van der Waals surface area contributed by atoms with Crippen molar-refractivity contribution in [2.24, 2.45) is 7.05 Å². The third kappa shape index (κ3) is 4.99. The third-order valence-electron chi connectivity index (χ3n) is 4.63. The monoisotopic (exact) mass is 378 g/mol. The summed E-state index contributed by atoms with van der Waals surface area (Å²) in [6, 6.07) is 7.51. The fourth-order valence-corrected chi connectivity index (χ4v) is 3.27. The van der Waals surface area contributed by atoms with E-state index in [0.29, 0.717) is 12.6 Å². The molecule has 26 heavy (non-hydrogen) atoms. The lowest BCUT2D eigenvalue weighted by Gasteiger charge is -2.18. The quantitative estimate of drug-likeness (QED) is 0.777. The second-order valence-corrected chi connectivity index (χ2v) is 6.52. The molecule has 142 valence electrons. The average molecular weight is 379 g/mol. The Labute approximate surface area is 160 Å². The van der Waals surface area contributed by atoms with Crippen molar-refractivity contribution in [1.82, 2.24) is 20.4 Å². The van der Waals surface area contributed by atoms with Crippen LogP contribution in [0.5, 0.6) is 5.75 Å².